The molecule has 0 heterocycles. The van der Waals surface area contributed by atoms with Crippen LogP contribution in [0.3, 0.4) is 0 Å². The van der Waals surface area contributed by atoms with Gasteiger partial charge >= 0.3 is 5.97 Å². The van der Waals surface area contributed by atoms with Crippen molar-refractivity contribution in [3.05, 3.63) is 11.6 Å². The molecule has 0 aliphatic carbocycles. The number of rotatable bonds is 7. The van der Waals surface area contributed by atoms with E-state index in [1.807, 2.05) is 0 Å². The summed E-state index contributed by atoms with van der Waals surface area (Å²) in [5.41, 5.74) is -0.0852. The first-order valence-corrected chi connectivity index (χ1v) is 4.92. The van der Waals surface area contributed by atoms with Crippen LogP contribution in [0.1, 0.15) is 6.42 Å². The molecule has 0 aliphatic heterocycles. The highest BCUT2D eigenvalue weighted by Gasteiger charge is 2.19. The van der Waals surface area contributed by atoms with Crippen molar-refractivity contribution in [1.29, 1.82) is 0 Å². The minimum atomic E-state index is -1.24. The van der Waals surface area contributed by atoms with Crippen LogP contribution < -0.4 is 5.32 Å². The third-order valence-corrected chi connectivity index (χ3v) is 2.02. The molecule has 0 fully saturated rings. The van der Waals surface area contributed by atoms with Gasteiger partial charge in [-0.3, -0.25) is 9.59 Å². The van der Waals surface area contributed by atoms with Crippen LogP contribution >= 0.6 is 12.6 Å². The molecular weight excluding hydrogens is 234 g/mol. The molecule has 0 bridgehead atoms. The minimum absolute atomic E-state index is 0.0852. The van der Waals surface area contributed by atoms with Crippen LogP contribution in [-0.4, -0.2) is 41.4 Å². The lowest BCUT2D eigenvalue weighted by molar-refractivity contribution is -0.140. The van der Waals surface area contributed by atoms with E-state index in [2.05, 4.69) is 17.9 Å². The highest BCUT2D eigenvalue weighted by molar-refractivity contribution is 7.80. The number of aliphatic carboxylic acids is 1. The van der Waals surface area contributed by atoms with Gasteiger partial charge in [0.05, 0.1) is 0 Å². The molecule has 0 rings (SSSR count). The highest BCUT2D eigenvalue weighted by Crippen LogP contribution is 2.00. The van der Waals surface area contributed by atoms with Crippen molar-refractivity contribution >= 4 is 37.1 Å². The molecule has 1 amide bonds. The first kappa shape index (κ1) is 14.4. The highest BCUT2D eigenvalue weighted by atomic mass is 32.1. The number of hydrogen-bond donors (Lipinski definition) is 3. The van der Waals surface area contributed by atoms with Crippen LogP contribution in [0.4, 0.5) is 0 Å². The largest absolute Gasteiger partial charge is 0.480 e. The lowest BCUT2D eigenvalue weighted by atomic mass is 10.1. The van der Waals surface area contributed by atoms with Gasteiger partial charge in [0.1, 0.15) is 18.6 Å². The van der Waals surface area contributed by atoms with E-state index in [1.54, 1.807) is 0 Å². The number of amides is 1. The number of nitrogens with one attached hydrogen (secondary N) is 1. The lowest BCUT2D eigenvalue weighted by Gasteiger charge is -2.12. The fourth-order valence-electron chi connectivity index (χ4n) is 0.845. The Morgan fingerprint density at radius 2 is 2.00 bits per heavy atom. The molecule has 0 spiro atoms. The second-order valence-electron chi connectivity index (χ2n) is 2.75. The Hall–Kier alpha value is -1.63. The molecule has 16 heavy (non-hydrogen) atoms. The zero-order chi connectivity index (χ0) is 12.6. The van der Waals surface area contributed by atoms with Crippen LogP contribution in [-0.2, 0) is 19.2 Å². The lowest BCUT2D eigenvalue weighted by Crippen LogP contribution is -2.42. The third-order valence-electron chi connectivity index (χ3n) is 1.65. The van der Waals surface area contributed by atoms with E-state index in [4.69, 9.17) is 5.11 Å². The first-order chi connectivity index (χ1) is 7.56. The van der Waals surface area contributed by atoms with Crippen molar-refractivity contribution in [1.82, 2.24) is 5.32 Å². The van der Waals surface area contributed by atoms with Crippen molar-refractivity contribution in [3.63, 3.8) is 0 Å². The van der Waals surface area contributed by atoms with Crippen molar-refractivity contribution < 1.29 is 24.3 Å². The van der Waals surface area contributed by atoms with Gasteiger partial charge in [-0.2, -0.15) is 12.6 Å². The topological polar surface area (TPSA) is 101 Å². The minimum Gasteiger partial charge on any atom is -0.480 e. The summed E-state index contributed by atoms with van der Waals surface area (Å²) >= 11 is 3.75. The first-order valence-electron chi connectivity index (χ1n) is 4.29. The SMILES string of the molecule is O=C/C=C(/CC=O)C(=O)N[C@@H](CS)C(=O)O. The number of allylic oxidation sites excluding steroid dienone is 1. The molecule has 1 atom stereocenters. The molecule has 6 nitrogen and oxygen atoms in total. The van der Waals surface area contributed by atoms with Crippen LogP contribution in [0.2, 0.25) is 0 Å². The predicted molar refractivity (Wildman–Crippen MR) is 58.2 cm³/mol. The maximum Gasteiger partial charge on any atom is 0.327 e. The van der Waals surface area contributed by atoms with E-state index in [9.17, 15) is 19.2 Å². The number of thiol groups is 1. The van der Waals surface area contributed by atoms with E-state index >= 15 is 0 Å². The molecule has 0 aromatic carbocycles. The summed E-state index contributed by atoms with van der Waals surface area (Å²) in [5, 5.41) is 10.8. The smallest absolute Gasteiger partial charge is 0.327 e. The van der Waals surface area contributed by atoms with Crippen LogP contribution in [0.5, 0.6) is 0 Å². The average Bonchev–Trinajstić information content (AvgIpc) is 2.24. The van der Waals surface area contributed by atoms with E-state index in [0.29, 0.717) is 12.6 Å². The fraction of sp³-hybridized carbons (Fsp3) is 0.333. The fourth-order valence-corrected chi connectivity index (χ4v) is 1.09. The van der Waals surface area contributed by atoms with E-state index < -0.39 is 17.9 Å². The van der Waals surface area contributed by atoms with Crippen molar-refractivity contribution in [2.45, 2.75) is 12.5 Å². The zero-order valence-corrected chi connectivity index (χ0v) is 9.15. The van der Waals surface area contributed by atoms with Gasteiger partial charge in [-0.25, -0.2) is 4.79 Å². The normalized spacial score (nSPS) is 12.7. The summed E-state index contributed by atoms with van der Waals surface area (Å²) in [4.78, 5) is 42.4. The summed E-state index contributed by atoms with van der Waals surface area (Å²) in [6.07, 6.45) is 1.48. The van der Waals surface area contributed by atoms with Gasteiger partial charge in [0.15, 0.2) is 0 Å². The van der Waals surface area contributed by atoms with Crippen LogP contribution in [0.25, 0.3) is 0 Å². The van der Waals surface area contributed by atoms with Crippen LogP contribution in [0, 0.1) is 0 Å². The molecule has 0 radical (unpaired) electrons. The quantitative estimate of drug-likeness (QED) is 0.310. The number of carbonyl (C=O) groups is 4. The molecule has 0 aromatic rings. The summed E-state index contributed by atoms with van der Waals surface area (Å²) in [6, 6.07) is -1.16. The van der Waals surface area contributed by atoms with Gasteiger partial charge in [0.25, 0.3) is 0 Å². The molecule has 0 aliphatic rings. The Labute approximate surface area is 97.1 Å². The Bertz CT molecular complexity index is 326. The van der Waals surface area contributed by atoms with Gasteiger partial charge in [-0.15, -0.1) is 0 Å². The van der Waals surface area contributed by atoms with Gasteiger partial charge in [0, 0.05) is 17.7 Å². The Morgan fingerprint density at radius 3 is 2.38 bits per heavy atom. The maximum absolute atomic E-state index is 11.4. The zero-order valence-electron chi connectivity index (χ0n) is 8.25. The Kier molecular flexibility index (Phi) is 6.86. The van der Waals surface area contributed by atoms with Gasteiger partial charge in [0.2, 0.25) is 5.91 Å². The molecule has 0 aromatic heterocycles. The standard InChI is InChI=1S/C9H11NO5S/c11-3-1-6(2-4-12)8(13)10-7(5-16)9(14)15/h1,3-4,7,16H,2,5H2,(H,10,13)(H,14,15)/b6-1-/t7-/m0/s1. The second-order valence-corrected chi connectivity index (χ2v) is 3.11. The molecule has 0 unspecified atom stereocenters. The molecular formula is C9H11NO5S. The second kappa shape index (κ2) is 7.63. The number of aldehydes is 2. The van der Waals surface area contributed by atoms with E-state index in [0.717, 1.165) is 6.08 Å². The summed E-state index contributed by atoms with van der Waals surface area (Å²) in [7, 11) is 0. The summed E-state index contributed by atoms with van der Waals surface area (Å²) in [5.74, 6) is -2.09. The van der Waals surface area contributed by atoms with Gasteiger partial charge < -0.3 is 15.2 Å². The Balaban J connectivity index is 4.63. The van der Waals surface area contributed by atoms with Crippen molar-refractivity contribution in [2.75, 3.05) is 5.75 Å². The monoisotopic (exact) mass is 245 g/mol. The van der Waals surface area contributed by atoms with Crippen molar-refractivity contribution in [3.8, 4) is 0 Å². The molecule has 88 valence electrons. The average molecular weight is 245 g/mol. The van der Waals surface area contributed by atoms with Crippen LogP contribution in [0.15, 0.2) is 11.6 Å². The third kappa shape index (κ3) is 4.74. The number of carboxylic acid groups (broad SMARTS) is 1. The van der Waals surface area contributed by atoms with Gasteiger partial charge in [-0.1, -0.05) is 0 Å². The Morgan fingerprint density at radius 1 is 1.38 bits per heavy atom. The summed E-state index contributed by atoms with van der Waals surface area (Å²) in [6.45, 7) is 0. The van der Waals surface area contributed by atoms with Gasteiger partial charge in [-0.05, 0) is 6.08 Å². The number of hydrogen-bond acceptors (Lipinski definition) is 5. The van der Waals surface area contributed by atoms with Crippen molar-refractivity contribution in [2.24, 2.45) is 0 Å². The van der Waals surface area contributed by atoms with E-state index in [-0.39, 0.29) is 17.7 Å². The summed E-state index contributed by atoms with van der Waals surface area (Å²) < 4.78 is 0. The molecule has 2 N–H and O–H groups in total. The van der Waals surface area contributed by atoms with E-state index in [1.165, 1.54) is 0 Å². The molecule has 7 heteroatoms. The number of carboxylic acids is 1. The molecule has 0 saturated carbocycles. The predicted octanol–water partition coefficient (Wildman–Crippen LogP) is -0.800. The maximum atomic E-state index is 11.4. The number of carbonyl (C=O) groups excluding carboxylic acids is 3. The molecule has 0 saturated heterocycles.